The number of hydrogen-bond acceptors (Lipinski definition) is 5. The fourth-order valence-corrected chi connectivity index (χ4v) is 2.99. The molecule has 0 amide bonds. The summed E-state index contributed by atoms with van der Waals surface area (Å²) in [6.07, 6.45) is 0. The lowest BCUT2D eigenvalue weighted by atomic mass is 10.1. The molecule has 1 atom stereocenters. The van der Waals surface area contributed by atoms with Crippen LogP contribution in [0.2, 0.25) is 0 Å². The summed E-state index contributed by atoms with van der Waals surface area (Å²) in [5, 5.41) is 3.12. The van der Waals surface area contributed by atoms with Crippen LogP contribution in [0.5, 0.6) is 0 Å². The van der Waals surface area contributed by atoms with Crippen LogP contribution in [0.15, 0.2) is 23.1 Å². The van der Waals surface area contributed by atoms with E-state index in [0.717, 1.165) is 6.54 Å². The van der Waals surface area contributed by atoms with Crippen molar-refractivity contribution in [2.24, 2.45) is 0 Å². The maximum absolute atomic E-state index is 12.2. The Bertz CT molecular complexity index is 605. The van der Waals surface area contributed by atoms with Crippen LogP contribution in [-0.2, 0) is 14.8 Å². The number of methoxy groups -OCH3 is 1. The number of carbonyl (C=O) groups is 1. The number of rotatable bonds is 7. The molecule has 0 aliphatic carbocycles. The van der Waals surface area contributed by atoms with E-state index >= 15 is 0 Å². The second-order valence-corrected chi connectivity index (χ2v) is 6.55. The first-order valence-electron chi connectivity index (χ1n) is 6.73. The Morgan fingerprint density at radius 1 is 1.36 bits per heavy atom. The van der Waals surface area contributed by atoms with Gasteiger partial charge in [0.1, 0.15) is 0 Å². The summed E-state index contributed by atoms with van der Waals surface area (Å²) >= 11 is 0. The van der Waals surface area contributed by atoms with Crippen molar-refractivity contribution in [2.75, 3.05) is 20.2 Å². The van der Waals surface area contributed by atoms with E-state index in [0.29, 0.717) is 5.56 Å². The van der Waals surface area contributed by atoms with Gasteiger partial charge >= 0.3 is 5.97 Å². The van der Waals surface area contributed by atoms with Gasteiger partial charge in [-0.1, -0.05) is 13.0 Å². The van der Waals surface area contributed by atoms with E-state index in [1.807, 2.05) is 13.8 Å². The van der Waals surface area contributed by atoms with Crippen LogP contribution in [-0.4, -0.2) is 40.6 Å². The van der Waals surface area contributed by atoms with Crippen LogP contribution in [0, 0.1) is 6.92 Å². The summed E-state index contributed by atoms with van der Waals surface area (Å²) < 4.78 is 31.6. The van der Waals surface area contributed by atoms with E-state index in [9.17, 15) is 13.2 Å². The molecule has 22 heavy (non-hydrogen) atoms. The van der Waals surface area contributed by atoms with Gasteiger partial charge in [-0.3, -0.25) is 0 Å². The molecule has 0 saturated heterocycles. The third-order valence-electron chi connectivity index (χ3n) is 3.06. The van der Waals surface area contributed by atoms with Gasteiger partial charge in [-0.25, -0.2) is 17.9 Å². The highest BCUT2D eigenvalue weighted by molar-refractivity contribution is 7.89. The monoisotopic (exact) mass is 350 g/mol. The molecule has 0 saturated carbocycles. The molecule has 8 heteroatoms. The van der Waals surface area contributed by atoms with Crippen molar-refractivity contribution in [3.8, 4) is 0 Å². The van der Waals surface area contributed by atoms with E-state index in [4.69, 9.17) is 0 Å². The molecule has 1 rings (SSSR count). The van der Waals surface area contributed by atoms with E-state index in [-0.39, 0.29) is 35.5 Å². The Kier molecular flexibility index (Phi) is 8.62. The molecule has 0 heterocycles. The molecule has 0 radical (unpaired) electrons. The highest BCUT2D eigenvalue weighted by atomic mass is 35.5. The molecule has 126 valence electrons. The normalized spacial score (nSPS) is 12.4. The number of esters is 1. The predicted molar refractivity (Wildman–Crippen MR) is 88.1 cm³/mol. The summed E-state index contributed by atoms with van der Waals surface area (Å²) in [5.41, 5.74) is 0.918. The number of sulfonamides is 1. The topological polar surface area (TPSA) is 84.5 Å². The molecule has 6 nitrogen and oxygen atoms in total. The number of aryl methyl sites for hydroxylation is 1. The Morgan fingerprint density at radius 3 is 2.55 bits per heavy atom. The molecule has 1 aromatic rings. The maximum Gasteiger partial charge on any atom is 0.338 e. The molecule has 0 fully saturated rings. The minimum absolute atomic E-state index is 0. The summed E-state index contributed by atoms with van der Waals surface area (Å²) in [6, 6.07) is 4.42. The third-order valence-corrected chi connectivity index (χ3v) is 4.48. The van der Waals surface area contributed by atoms with Gasteiger partial charge < -0.3 is 10.1 Å². The maximum atomic E-state index is 12.2. The quantitative estimate of drug-likeness (QED) is 0.728. The first kappa shape index (κ1) is 20.9. The molecule has 0 aliphatic heterocycles. The molecule has 0 aromatic heterocycles. The predicted octanol–water partition coefficient (Wildman–Crippen LogP) is 1.48. The van der Waals surface area contributed by atoms with Crippen LogP contribution in [0.1, 0.15) is 29.8 Å². The van der Waals surface area contributed by atoms with Crippen molar-refractivity contribution in [3.05, 3.63) is 29.3 Å². The van der Waals surface area contributed by atoms with Gasteiger partial charge in [-0.2, -0.15) is 0 Å². The molecular formula is C14H23ClN2O4S. The third kappa shape index (κ3) is 5.57. The molecule has 1 aromatic carbocycles. The lowest BCUT2D eigenvalue weighted by Crippen LogP contribution is -2.38. The first-order chi connectivity index (χ1) is 9.81. The zero-order valence-corrected chi connectivity index (χ0v) is 14.8. The Balaban J connectivity index is 0.00000441. The van der Waals surface area contributed by atoms with Gasteiger partial charge in [0.15, 0.2) is 0 Å². The largest absolute Gasteiger partial charge is 0.465 e. The van der Waals surface area contributed by atoms with Crippen molar-refractivity contribution >= 4 is 28.4 Å². The number of likely N-dealkylation sites (N-methyl/N-ethyl adjacent to an activating group) is 1. The summed E-state index contributed by atoms with van der Waals surface area (Å²) in [6.45, 7) is 6.61. The van der Waals surface area contributed by atoms with Crippen LogP contribution < -0.4 is 10.0 Å². The summed E-state index contributed by atoms with van der Waals surface area (Å²) in [5.74, 6) is -0.550. The highest BCUT2D eigenvalue weighted by Crippen LogP contribution is 2.16. The molecule has 2 N–H and O–H groups in total. The van der Waals surface area contributed by atoms with Crippen LogP contribution in [0.25, 0.3) is 0 Å². The van der Waals surface area contributed by atoms with E-state index < -0.39 is 16.0 Å². The minimum atomic E-state index is -3.65. The number of carbonyl (C=O) groups excluding carboxylic acids is 1. The number of hydrogen-bond donors (Lipinski definition) is 2. The summed E-state index contributed by atoms with van der Waals surface area (Å²) in [4.78, 5) is 11.7. The number of ether oxygens (including phenoxy) is 1. The Labute approximate surface area is 138 Å². The lowest BCUT2D eigenvalue weighted by Gasteiger charge is -2.14. The highest BCUT2D eigenvalue weighted by Gasteiger charge is 2.18. The molecular weight excluding hydrogens is 328 g/mol. The Hall–Kier alpha value is -1.15. The number of benzene rings is 1. The lowest BCUT2D eigenvalue weighted by molar-refractivity contribution is 0.0599. The van der Waals surface area contributed by atoms with E-state index in [1.165, 1.54) is 19.2 Å². The first-order valence-corrected chi connectivity index (χ1v) is 8.22. The Morgan fingerprint density at radius 2 is 2.00 bits per heavy atom. The van der Waals surface area contributed by atoms with Gasteiger partial charge in [0.05, 0.1) is 17.6 Å². The fourth-order valence-electron chi connectivity index (χ4n) is 1.84. The van der Waals surface area contributed by atoms with Gasteiger partial charge in [0.25, 0.3) is 0 Å². The van der Waals surface area contributed by atoms with Crippen LogP contribution in [0.4, 0.5) is 0 Å². The van der Waals surface area contributed by atoms with Crippen molar-refractivity contribution < 1.29 is 17.9 Å². The molecule has 0 unspecified atom stereocenters. The number of nitrogens with one attached hydrogen (secondary N) is 2. The van der Waals surface area contributed by atoms with Crippen LogP contribution >= 0.6 is 12.4 Å². The van der Waals surface area contributed by atoms with E-state index in [2.05, 4.69) is 14.8 Å². The van der Waals surface area contributed by atoms with Crippen molar-refractivity contribution in [1.82, 2.24) is 10.0 Å². The second kappa shape index (κ2) is 9.09. The average Bonchev–Trinajstić information content (AvgIpc) is 2.45. The van der Waals surface area contributed by atoms with Gasteiger partial charge in [0, 0.05) is 12.6 Å². The molecule has 0 spiro atoms. The molecule has 0 aliphatic rings. The summed E-state index contributed by atoms with van der Waals surface area (Å²) in [7, 11) is -2.39. The van der Waals surface area contributed by atoms with Crippen molar-refractivity contribution in [3.63, 3.8) is 0 Å². The zero-order chi connectivity index (χ0) is 16.0. The SMILES string of the molecule is CCN[C@H](C)CNS(=O)(=O)c1ccc(C)c(C(=O)OC)c1.Cl. The smallest absolute Gasteiger partial charge is 0.338 e. The zero-order valence-electron chi connectivity index (χ0n) is 13.2. The molecule has 0 bridgehead atoms. The standard InChI is InChI=1S/C14H22N2O4S.ClH/c1-5-15-11(3)9-16-21(18,19)12-7-6-10(2)13(8-12)14(17)20-4;/h6-8,11,15-16H,5,9H2,1-4H3;1H/t11-;/m1./s1. The van der Waals surface area contributed by atoms with Crippen molar-refractivity contribution in [1.29, 1.82) is 0 Å². The average molecular weight is 351 g/mol. The minimum Gasteiger partial charge on any atom is -0.465 e. The van der Waals surface area contributed by atoms with Gasteiger partial charge in [-0.15, -0.1) is 12.4 Å². The second-order valence-electron chi connectivity index (χ2n) is 4.78. The van der Waals surface area contributed by atoms with Gasteiger partial charge in [0.2, 0.25) is 10.0 Å². The van der Waals surface area contributed by atoms with Crippen LogP contribution in [0.3, 0.4) is 0 Å². The van der Waals surface area contributed by atoms with Crippen molar-refractivity contribution in [2.45, 2.75) is 31.7 Å². The van der Waals surface area contributed by atoms with Gasteiger partial charge in [-0.05, 0) is 38.1 Å². The van der Waals surface area contributed by atoms with E-state index in [1.54, 1.807) is 13.0 Å². The fraction of sp³-hybridized carbons (Fsp3) is 0.500. The number of halogens is 1.